The molecule has 0 unspecified atom stereocenters. The minimum absolute atomic E-state index is 0.108. The van der Waals surface area contributed by atoms with Crippen LogP contribution >= 0.6 is 0 Å². The summed E-state index contributed by atoms with van der Waals surface area (Å²) in [6.45, 7) is 14.5. The number of nitrogens with zero attached hydrogens (tertiary/aromatic N) is 5. The molecule has 1 N–H and O–H groups in total. The molecule has 4 aromatic rings. The van der Waals surface area contributed by atoms with E-state index in [0.717, 1.165) is 41.0 Å². The highest BCUT2D eigenvalue weighted by atomic mass is 16.6. The first-order valence-corrected chi connectivity index (χ1v) is 15.0. The van der Waals surface area contributed by atoms with Crippen molar-refractivity contribution in [3.8, 4) is 11.1 Å². The van der Waals surface area contributed by atoms with Crippen molar-refractivity contribution in [3.63, 3.8) is 0 Å². The van der Waals surface area contributed by atoms with E-state index in [1.165, 1.54) is 0 Å². The summed E-state index contributed by atoms with van der Waals surface area (Å²) in [4.78, 5) is 46.9. The molecule has 0 aliphatic carbocycles. The number of piperazine rings is 1. The zero-order valence-corrected chi connectivity index (χ0v) is 26.7. The standard InChI is InChI=1S/C34H40N6O5/c1-33(2,3)44-31(42)39-19-17-38(18-20-39)22-23-7-9-24(10-8-23)25-11-12-28-27(21-25)29(30(41)36-26-13-15-35-16-14-26)37-40(28)32(43)45-34(4,5)6/h7-16,21H,17-20,22H2,1-6H3,(H,35,36,41). The molecule has 236 valence electrons. The molecular formula is C34H40N6O5. The van der Waals surface area contributed by atoms with Gasteiger partial charge < -0.3 is 19.7 Å². The number of ether oxygens (including phenoxy) is 2. The predicted octanol–water partition coefficient (Wildman–Crippen LogP) is 6.19. The number of benzene rings is 2. The maximum atomic E-state index is 13.4. The van der Waals surface area contributed by atoms with E-state index < -0.39 is 23.2 Å². The first kappa shape index (κ1) is 31.6. The highest BCUT2D eigenvalue weighted by Crippen LogP contribution is 2.29. The van der Waals surface area contributed by atoms with Crippen LogP contribution in [0.2, 0.25) is 0 Å². The van der Waals surface area contributed by atoms with Crippen LogP contribution in [0, 0.1) is 0 Å². The van der Waals surface area contributed by atoms with Crippen molar-refractivity contribution < 1.29 is 23.9 Å². The average molecular weight is 613 g/mol. The number of amides is 2. The second-order valence-corrected chi connectivity index (χ2v) is 13.1. The molecule has 0 radical (unpaired) electrons. The number of carbonyl (C=O) groups excluding carboxylic acids is 3. The van der Waals surface area contributed by atoms with Crippen LogP contribution in [-0.4, -0.2) is 80.0 Å². The number of aromatic nitrogens is 3. The monoisotopic (exact) mass is 612 g/mol. The first-order chi connectivity index (χ1) is 21.3. The summed E-state index contributed by atoms with van der Waals surface area (Å²) in [5.74, 6) is -0.451. The molecule has 0 atom stereocenters. The molecule has 2 aromatic carbocycles. The third-order valence-electron chi connectivity index (χ3n) is 7.12. The van der Waals surface area contributed by atoms with Crippen molar-refractivity contribution in [1.29, 1.82) is 0 Å². The van der Waals surface area contributed by atoms with Gasteiger partial charge in [-0.15, -0.1) is 0 Å². The average Bonchev–Trinajstić information content (AvgIpc) is 3.36. The second-order valence-electron chi connectivity index (χ2n) is 13.1. The van der Waals surface area contributed by atoms with E-state index >= 15 is 0 Å². The lowest BCUT2D eigenvalue weighted by Crippen LogP contribution is -2.49. The van der Waals surface area contributed by atoms with Gasteiger partial charge in [0.15, 0.2) is 5.69 Å². The van der Waals surface area contributed by atoms with Gasteiger partial charge in [0.2, 0.25) is 0 Å². The third-order valence-corrected chi connectivity index (χ3v) is 7.12. The molecule has 0 saturated carbocycles. The molecule has 1 aliphatic heterocycles. The Morgan fingerprint density at radius 2 is 1.38 bits per heavy atom. The lowest BCUT2D eigenvalue weighted by atomic mass is 10.0. The zero-order valence-electron chi connectivity index (χ0n) is 26.7. The molecule has 2 aromatic heterocycles. The Morgan fingerprint density at radius 1 is 0.778 bits per heavy atom. The Balaban J connectivity index is 1.34. The molecule has 1 aliphatic rings. The normalized spacial score (nSPS) is 14.3. The Hall–Kier alpha value is -4.77. The Bertz CT molecular complexity index is 1680. The molecule has 0 spiro atoms. The van der Waals surface area contributed by atoms with E-state index in [-0.39, 0.29) is 11.8 Å². The number of fused-ring (bicyclic) bond motifs is 1. The van der Waals surface area contributed by atoms with Gasteiger partial charge in [0.05, 0.1) is 5.52 Å². The molecule has 1 fully saturated rings. The third kappa shape index (κ3) is 8.04. The van der Waals surface area contributed by atoms with Gasteiger partial charge in [-0.2, -0.15) is 9.78 Å². The number of rotatable bonds is 5. The van der Waals surface area contributed by atoms with E-state index in [2.05, 4.69) is 32.4 Å². The van der Waals surface area contributed by atoms with Gasteiger partial charge in [-0.3, -0.25) is 14.7 Å². The molecule has 5 rings (SSSR count). The predicted molar refractivity (Wildman–Crippen MR) is 172 cm³/mol. The quantitative estimate of drug-likeness (QED) is 0.284. The lowest BCUT2D eigenvalue weighted by molar-refractivity contribution is 0.0138. The van der Waals surface area contributed by atoms with Crippen LogP contribution in [0.1, 0.15) is 57.6 Å². The summed E-state index contributed by atoms with van der Waals surface area (Å²) in [5, 5.41) is 7.75. The van der Waals surface area contributed by atoms with E-state index in [1.54, 1.807) is 56.3 Å². The summed E-state index contributed by atoms with van der Waals surface area (Å²) in [7, 11) is 0. The fourth-order valence-corrected chi connectivity index (χ4v) is 5.01. The topological polar surface area (TPSA) is 119 Å². The highest BCUT2D eigenvalue weighted by Gasteiger charge is 2.27. The summed E-state index contributed by atoms with van der Waals surface area (Å²) in [6.07, 6.45) is 2.23. The number of pyridine rings is 1. The van der Waals surface area contributed by atoms with Crippen LogP contribution in [0.15, 0.2) is 67.0 Å². The number of carbonyl (C=O) groups is 3. The SMILES string of the molecule is CC(C)(C)OC(=O)N1CCN(Cc2ccc(-c3ccc4c(c3)c(C(=O)Nc3ccncc3)nn4C(=O)OC(C)(C)C)cc2)CC1. The van der Waals surface area contributed by atoms with Gasteiger partial charge in [-0.05, 0) is 82.5 Å². The molecule has 11 nitrogen and oxygen atoms in total. The Labute approximate surface area is 263 Å². The van der Waals surface area contributed by atoms with E-state index in [0.29, 0.717) is 29.7 Å². The van der Waals surface area contributed by atoms with Crippen LogP contribution in [0.3, 0.4) is 0 Å². The van der Waals surface area contributed by atoms with Gasteiger partial charge >= 0.3 is 12.2 Å². The van der Waals surface area contributed by atoms with Crippen molar-refractivity contribution in [1.82, 2.24) is 24.6 Å². The summed E-state index contributed by atoms with van der Waals surface area (Å²) < 4.78 is 12.2. The van der Waals surface area contributed by atoms with Crippen molar-refractivity contribution in [2.75, 3.05) is 31.5 Å². The van der Waals surface area contributed by atoms with Crippen molar-refractivity contribution in [3.05, 3.63) is 78.2 Å². The van der Waals surface area contributed by atoms with Crippen LogP contribution in [0.25, 0.3) is 22.0 Å². The van der Waals surface area contributed by atoms with E-state index in [1.807, 2.05) is 45.0 Å². The number of hydrogen-bond acceptors (Lipinski definition) is 8. The van der Waals surface area contributed by atoms with Gasteiger partial charge in [0.1, 0.15) is 11.2 Å². The molecule has 11 heteroatoms. The molecule has 1 saturated heterocycles. The Kier molecular flexibility index (Phi) is 8.92. The maximum Gasteiger partial charge on any atom is 0.435 e. The van der Waals surface area contributed by atoms with Crippen molar-refractivity contribution >= 4 is 34.7 Å². The number of hydrogen-bond donors (Lipinski definition) is 1. The minimum atomic E-state index is -0.734. The van der Waals surface area contributed by atoms with E-state index in [9.17, 15) is 14.4 Å². The summed E-state index contributed by atoms with van der Waals surface area (Å²) >= 11 is 0. The molecule has 3 heterocycles. The molecular weight excluding hydrogens is 572 g/mol. The molecule has 45 heavy (non-hydrogen) atoms. The van der Waals surface area contributed by atoms with Crippen LogP contribution in [0.5, 0.6) is 0 Å². The largest absolute Gasteiger partial charge is 0.444 e. The summed E-state index contributed by atoms with van der Waals surface area (Å²) in [5.41, 5.74) is 2.89. The van der Waals surface area contributed by atoms with Gasteiger partial charge in [0.25, 0.3) is 5.91 Å². The fraction of sp³-hybridized carbons (Fsp3) is 0.382. The zero-order chi connectivity index (χ0) is 32.4. The Morgan fingerprint density at radius 3 is 2.00 bits per heavy atom. The first-order valence-electron chi connectivity index (χ1n) is 15.0. The number of anilines is 1. The van der Waals surface area contributed by atoms with E-state index in [4.69, 9.17) is 9.47 Å². The summed E-state index contributed by atoms with van der Waals surface area (Å²) in [6, 6.07) is 17.2. The van der Waals surface area contributed by atoms with Crippen molar-refractivity contribution in [2.45, 2.75) is 59.3 Å². The van der Waals surface area contributed by atoms with Crippen molar-refractivity contribution in [2.24, 2.45) is 0 Å². The van der Waals surface area contributed by atoms with Crippen LogP contribution in [-0.2, 0) is 16.0 Å². The fourth-order valence-electron chi connectivity index (χ4n) is 5.01. The lowest BCUT2D eigenvalue weighted by Gasteiger charge is -2.35. The number of nitrogens with one attached hydrogen (secondary N) is 1. The molecule has 2 amide bonds. The second kappa shape index (κ2) is 12.7. The van der Waals surface area contributed by atoms with Gasteiger partial charge in [-0.25, -0.2) is 9.59 Å². The van der Waals surface area contributed by atoms with Gasteiger partial charge in [-0.1, -0.05) is 30.3 Å². The maximum absolute atomic E-state index is 13.4. The highest BCUT2D eigenvalue weighted by molar-refractivity contribution is 6.12. The van der Waals surface area contributed by atoms with Crippen LogP contribution in [0.4, 0.5) is 15.3 Å². The smallest absolute Gasteiger partial charge is 0.435 e. The molecule has 0 bridgehead atoms. The minimum Gasteiger partial charge on any atom is -0.444 e. The van der Waals surface area contributed by atoms with Crippen LogP contribution < -0.4 is 5.32 Å². The van der Waals surface area contributed by atoms with Gasteiger partial charge in [0, 0.05) is 56.2 Å².